The van der Waals surface area contributed by atoms with E-state index in [1.54, 1.807) is 0 Å². The van der Waals surface area contributed by atoms with Crippen molar-refractivity contribution in [2.24, 2.45) is 17.3 Å². The van der Waals surface area contributed by atoms with Crippen LogP contribution in [0.5, 0.6) is 0 Å². The number of rotatable bonds is 4. The van der Waals surface area contributed by atoms with Gasteiger partial charge in [-0.3, -0.25) is 4.79 Å². The van der Waals surface area contributed by atoms with Crippen LogP contribution in [0.25, 0.3) is 0 Å². The van der Waals surface area contributed by atoms with E-state index in [0.717, 1.165) is 6.42 Å². The summed E-state index contributed by atoms with van der Waals surface area (Å²) in [6.07, 6.45) is 9.01. The van der Waals surface area contributed by atoms with Crippen molar-refractivity contribution >= 4 is 5.97 Å². The van der Waals surface area contributed by atoms with E-state index in [1.807, 2.05) is 32.1 Å². The number of carbonyl (C=O) groups is 1. The largest absolute Gasteiger partial charge is 0.481 e. The van der Waals surface area contributed by atoms with Crippen LogP contribution in [0.1, 0.15) is 27.2 Å². The number of hydrogen-bond donors (Lipinski definition) is 1. The summed E-state index contributed by atoms with van der Waals surface area (Å²) in [6.45, 7) is 6.08. The maximum Gasteiger partial charge on any atom is 0.307 e. The van der Waals surface area contributed by atoms with E-state index in [0.29, 0.717) is 0 Å². The summed E-state index contributed by atoms with van der Waals surface area (Å²) in [4.78, 5) is 10.8. The summed E-state index contributed by atoms with van der Waals surface area (Å²) in [5.41, 5.74) is -0.0671. The molecule has 0 radical (unpaired) electrons. The second kappa shape index (κ2) is 3.99. The Morgan fingerprint density at radius 2 is 2.07 bits per heavy atom. The molecule has 0 spiro atoms. The third-order valence-electron chi connectivity index (χ3n) is 2.98. The molecule has 2 heteroatoms. The van der Waals surface area contributed by atoms with Gasteiger partial charge < -0.3 is 5.11 Å². The van der Waals surface area contributed by atoms with Crippen LogP contribution < -0.4 is 0 Å². The molecule has 0 heterocycles. The Morgan fingerprint density at radius 1 is 1.43 bits per heavy atom. The summed E-state index contributed by atoms with van der Waals surface area (Å²) < 4.78 is 0. The minimum atomic E-state index is -0.677. The van der Waals surface area contributed by atoms with Crippen LogP contribution in [0, 0.1) is 17.3 Å². The predicted molar refractivity (Wildman–Crippen MR) is 57.0 cm³/mol. The first-order valence-electron chi connectivity index (χ1n) is 5.08. The molecule has 1 fully saturated rings. The second-order valence-electron chi connectivity index (χ2n) is 4.38. The van der Waals surface area contributed by atoms with Gasteiger partial charge in [-0.05, 0) is 17.8 Å². The van der Waals surface area contributed by atoms with Gasteiger partial charge in [-0.15, -0.1) is 0 Å². The van der Waals surface area contributed by atoms with E-state index in [-0.39, 0.29) is 17.3 Å². The summed E-state index contributed by atoms with van der Waals surface area (Å²) >= 11 is 0. The van der Waals surface area contributed by atoms with Crippen LogP contribution in [-0.2, 0) is 4.79 Å². The van der Waals surface area contributed by atoms with Gasteiger partial charge in [0.2, 0.25) is 0 Å². The van der Waals surface area contributed by atoms with Crippen molar-refractivity contribution in [2.75, 3.05) is 0 Å². The molecule has 78 valence electrons. The van der Waals surface area contributed by atoms with Gasteiger partial charge >= 0.3 is 5.97 Å². The first-order chi connectivity index (χ1) is 6.51. The smallest absolute Gasteiger partial charge is 0.307 e. The molecule has 2 nitrogen and oxygen atoms in total. The fraction of sp³-hybridized carbons (Fsp3) is 0.583. The maximum absolute atomic E-state index is 10.8. The lowest BCUT2D eigenvalue weighted by molar-refractivity contribution is -0.139. The zero-order valence-electron chi connectivity index (χ0n) is 9.03. The third-order valence-corrected chi connectivity index (χ3v) is 2.98. The fourth-order valence-electron chi connectivity index (χ4n) is 1.91. The van der Waals surface area contributed by atoms with Crippen LogP contribution in [0.2, 0.25) is 0 Å². The van der Waals surface area contributed by atoms with E-state index in [2.05, 4.69) is 13.0 Å². The average Bonchev–Trinajstić information content (AvgIpc) is 2.62. The highest BCUT2D eigenvalue weighted by Gasteiger charge is 2.60. The zero-order valence-corrected chi connectivity index (χ0v) is 9.03. The Labute approximate surface area is 85.3 Å². The van der Waals surface area contributed by atoms with Gasteiger partial charge in [-0.25, -0.2) is 0 Å². The highest BCUT2D eigenvalue weighted by atomic mass is 16.4. The van der Waals surface area contributed by atoms with Crippen LogP contribution in [0.4, 0.5) is 0 Å². The molecule has 0 saturated heterocycles. The highest BCUT2D eigenvalue weighted by molar-refractivity contribution is 5.76. The van der Waals surface area contributed by atoms with Crippen molar-refractivity contribution < 1.29 is 9.90 Å². The van der Waals surface area contributed by atoms with Crippen molar-refractivity contribution in [3.8, 4) is 0 Å². The van der Waals surface area contributed by atoms with E-state index in [1.165, 1.54) is 0 Å². The second-order valence-corrected chi connectivity index (χ2v) is 4.38. The molecule has 0 aromatic heterocycles. The first-order valence-corrected chi connectivity index (χ1v) is 5.08. The van der Waals surface area contributed by atoms with Gasteiger partial charge in [-0.1, -0.05) is 45.1 Å². The van der Waals surface area contributed by atoms with Crippen LogP contribution in [-0.4, -0.2) is 11.1 Å². The van der Waals surface area contributed by atoms with E-state index in [4.69, 9.17) is 5.11 Å². The minimum absolute atomic E-state index is 0.0671. The number of hydrogen-bond acceptors (Lipinski definition) is 1. The Balaban J connectivity index is 2.53. The number of carboxylic acid groups (broad SMARTS) is 1. The lowest BCUT2D eigenvalue weighted by Gasteiger charge is -1.95. The number of carboxylic acids is 1. The van der Waals surface area contributed by atoms with Gasteiger partial charge in [-0.2, -0.15) is 0 Å². The zero-order chi connectivity index (χ0) is 10.8. The van der Waals surface area contributed by atoms with Crippen molar-refractivity contribution in [1.29, 1.82) is 0 Å². The van der Waals surface area contributed by atoms with Crippen LogP contribution >= 0.6 is 0 Å². The highest BCUT2D eigenvalue weighted by Crippen LogP contribution is 2.58. The Kier molecular flexibility index (Phi) is 3.14. The van der Waals surface area contributed by atoms with E-state index < -0.39 is 5.97 Å². The summed E-state index contributed by atoms with van der Waals surface area (Å²) in [5, 5.41) is 8.91. The molecule has 14 heavy (non-hydrogen) atoms. The standard InChI is InChI=1S/C12H18O2/c1-4-5-6-7-8-9-10(11(13)14)12(9,2)3/h5-10H,4H2,1-3H3,(H,13,14). The quantitative estimate of drug-likeness (QED) is 0.699. The number of allylic oxidation sites excluding steroid dienone is 4. The van der Waals surface area contributed by atoms with E-state index in [9.17, 15) is 4.79 Å². The Bertz CT molecular complexity index is 274. The summed E-state index contributed by atoms with van der Waals surface area (Å²) in [7, 11) is 0. The minimum Gasteiger partial charge on any atom is -0.481 e. The lowest BCUT2D eigenvalue weighted by atomic mass is 10.1. The SMILES string of the molecule is CCC=CC=CC1C(C(=O)O)C1(C)C. The number of aliphatic carboxylic acids is 1. The lowest BCUT2D eigenvalue weighted by Crippen LogP contribution is -2.02. The average molecular weight is 194 g/mol. The molecule has 2 atom stereocenters. The summed E-state index contributed by atoms with van der Waals surface area (Å²) in [5.74, 6) is -0.681. The Morgan fingerprint density at radius 3 is 2.50 bits per heavy atom. The molecule has 1 N–H and O–H groups in total. The molecule has 1 aliphatic carbocycles. The molecule has 1 rings (SSSR count). The molecule has 0 bridgehead atoms. The van der Waals surface area contributed by atoms with Gasteiger partial charge in [0.1, 0.15) is 0 Å². The molecule has 1 aliphatic rings. The predicted octanol–water partition coefficient (Wildman–Crippen LogP) is 2.87. The van der Waals surface area contributed by atoms with Crippen molar-refractivity contribution in [1.82, 2.24) is 0 Å². The Hall–Kier alpha value is -1.05. The van der Waals surface area contributed by atoms with Crippen molar-refractivity contribution in [2.45, 2.75) is 27.2 Å². The molecule has 0 amide bonds. The van der Waals surface area contributed by atoms with Gasteiger partial charge in [0.25, 0.3) is 0 Å². The normalized spacial score (nSPS) is 29.9. The topological polar surface area (TPSA) is 37.3 Å². The van der Waals surface area contributed by atoms with Crippen molar-refractivity contribution in [3.63, 3.8) is 0 Å². The molecular weight excluding hydrogens is 176 g/mol. The maximum atomic E-state index is 10.8. The molecule has 1 saturated carbocycles. The van der Waals surface area contributed by atoms with Crippen LogP contribution in [0.3, 0.4) is 0 Å². The molecular formula is C12H18O2. The molecule has 0 aromatic carbocycles. The summed E-state index contributed by atoms with van der Waals surface area (Å²) in [6, 6.07) is 0. The fourth-order valence-corrected chi connectivity index (χ4v) is 1.91. The monoisotopic (exact) mass is 194 g/mol. The first kappa shape index (κ1) is 11.0. The van der Waals surface area contributed by atoms with Crippen LogP contribution in [0.15, 0.2) is 24.3 Å². The van der Waals surface area contributed by atoms with E-state index >= 15 is 0 Å². The third kappa shape index (κ3) is 2.06. The van der Waals surface area contributed by atoms with Crippen molar-refractivity contribution in [3.05, 3.63) is 24.3 Å². The molecule has 0 aliphatic heterocycles. The van der Waals surface area contributed by atoms with Gasteiger partial charge in [0.15, 0.2) is 0 Å². The van der Waals surface area contributed by atoms with Gasteiger partial charge in [0, 0.05) is 0 Å². The molecule has 0 aromatic rings. The van der Waals surface area contributed by atoms with Gasteiger partial charge in [0.05, 0.1) is 5.92 Å². The molecule has 2 unspecified atom stereocenters.